The van der Waals surface area contributed by atoms with Gasteiger partial charge in [0.15, 0.2) is 4.90 Å². The van der Waals surface area contributed by atoms with E-state index in [9.17, 15) is 8.42 Å². The molecular formula is C22H24N5O3S+. The highest BCUT2D eigenvalue weighted by molar-refractivity contribution is 7.89. The van der Waals surface area contributed by atoms with E-state index in [4.69, 9.17) is 4.74 Å². The van der Waals surface area contributed by atoms with Crippen molar-refractivity contribution in [1.29, 1.82) is 0 Å². The first kappa shape index (κ1) is 19.8. The van der Waals surface area contributed by atoms with Crippen molar-refractivity contribution in [3.05, 3.63) is 78.5 Å². The first-order chi connectivity index (χ1) is 15.1. The molecule has 2 N–H and O–H groups in total. The van der Waals surface area contributed by atoms with Crippen LogP contribution in [0.5, 0.6) is 5.75 Å². The van der Waals surface area contributed by atoms with Crippen LogP contribution in [0.4, 0.5) is 0 Å². The summed E-state index contributed by atoms with van der Waals surface area (Å²) in [6.45, 7) is 0.878. The number of sulfonamides is 1. The molecule has 1 fully saturated rings. The van der Waals surface area contributed by atoms with Gasteiger partial charge in [-0.25, -0.2) is 18.1 Å². The van der Waals surface area contributed by atoms with Crippen LogP contribution in [-0.4, -0.2) is 36.1 Å². The highest BCUT2D eigenvalue weighted by Gasteiger charge is 2.24. The molecule has 8 nitrogen and oxygen atoms in total. The molecule has 160 valence electrons. The fourth-order valence-electron chi connectivity index (χ4n) is 3.53. The molecule has 1 aromatic carbocycles. The average Bonchev–Trinajstić information content (AvgIpc) is 3.37. The molecule has 3 aromatic heterocycles. The van der Waals surface area contributed by atoms with E-state index >= 15 is 0 Å². The van der Waals surface area contributed by atoms with Crippen molar-refractivity contribution in [2.24, 2.45) is 0 Å². The fraction of sp³-hybridized carbons (Fsp3) is 0.273. The van der Waals surface area contributed by atoms with Crippen LogP contribution < -0.4 is 14.1 Å². The van der Waals surface area contributed by atoms with Crippen molar-refractivity contribution >= 4 is 15.7 Å². The lowest BCUT2D eigenvalue weighted by molar-refractivity contribution is -0.743. The Labute approximate surface area is 180 Å². The third-order valence-electron chi connectivity index (χ3n) is 5.28. The van der Waals surface area contributed by atoms with Crippen molar-refractivity contribution in [3.8, 4) is 5.75 Å². The van der Waals surface area contributed by atoms with Crippen LogP contribution in [0.1, 0.15) is 30.0 Å². The highest BCUT2D eigenvalue weighted by Crippen LogP contribution is 2.39. The number of pyridine rings is 1. The number of aromatic nitrogens is 4. The van der Waals surface area contributed by atoms with E-state index in [1.165, 1.54) is 24.6 Å². The molecule has 0 aliphatic heterocycles. The minimum Gasteiger partial charge on any atom is -0.492 e. The second-order valence-electron chi connectivity index (χ2n) is 7.73. The van der Waals surface area contributed by atoms with Gasteiger partial charge in [-0.1, -0.05) is 24.3 Å². The lowest BCUT2D eigenvalue weighted by atomic mass is 10.2. The summed E-state index contributed by atoms with van der Waals surface area (Å²) in [6, 6.07) is 13.5. The van der Waals surface area contributed by atoms with Crippen LogP contribution in [0, 0.1) is 0 Å². The van der Waals surface area contributed by atoms with Gasteiger partial charge < -0.3 is 9.14 Å². The predicted molar refractivity (Wildman–Crippen MR) is 114 cm³/mol. The summed E-state index contributed by atoms with van der Waals surface area (Å²) in [5.41, 5.74) is 3.09. The van der Waals surface area contributed by atoms with Gasteiger partial charge in [0.1, 0.15) is 23.7 Å². The third-order valence-corrected chi connectivity index (χ3v) is 6.71. The van der Waals surface area contributed by atoms with E-state index in [1.807, 2.05) is 47.0 Å². The molecule has 0 radical (unpaired) electrons. The number of aromatic amines is 1. The second kappa shape index (κ2) is 8.16. The summed E-state index contributed by atoms with van der Waals surface area (Å²) >= 11 is 0. The Balaban J connectivity index is 1.20. The van der Waals surface area contributed by atoms with Crippen molar-refractivity contribution in [1.82, 2.24) is 19.2 Å². The number of H-pyrrole nitrogens is 1. The molecule has 0 saturated heterocycles. The molecular weight excluding hydrogens is 414 g/mol. The van der Waals surface area contributed by atoms with Gasteiger partial charge in [-0.15, -0.1) is 4.68 Å². The van der Waals surface area contributed by atoms with Gasteiger partial charge in [-0.2, -0.15) is 5.10 Å². The third kappa shape index (κ3) is 4.62. The molecule has 0 amide bonds. The van der Waals surface area contributed by atoms with Crippen LogP contribution >= 0.6 is 0 Å². The molecule has 9 heteroatoms. The number of nitrogens with one attached hydrogen (secondary N) is 2. The molecule has 1 saturated carbocycles. The summed E-state index contributed by atoms with van der Waals surface area (Å²) < 4.78 is 36.9. The summed E-state index contributed by atoms with van der Waals surface area (Å²) in [7, 11) is -3.63. The van der Waals surface area contributed by atoms with Gasteiger partial charge in [-0.3, -0.25) is 0 Å². The zero-order chi connectivity index (χ0) is 21.3. The van der Waals surface area contributed by atoms with Crippen molar-refractivity contribution in [2.75, 3.05) is 13.2 Å². The quantitative estimate of drug-likeness (QED) is 0.310. The fourth-order valence-corrected chi connectivity index (χ4v) is 4.52. The number of hydrogen-bond donors (Lipinski definition) is 2. The van der Waals surface area contributed by atoms with E-state index in [1.54, 1.807) is 10.9 Å². The Kier molecular flexibility index (Phi) is 5.21. The van der Waals surface area contributed by atoms with E-state index in [2.05, 4.69) is 27.1 Å². The smallest absolute Gasteiger partial charge is 0.248 e. The summed E-state index contributed by atoms with van der Waals surface area (Å²) in [6.07, 6.45) is 9.69. The monoisotopic (exact) mass is 438 g/mol. The van der Waals surface area contributed by atoms with Gasteiger partial charge >= 0.3 is 0 Å². The molecule has 1 aliphatic carbocycles. The maximum Gasteiger partial charge on any atom is 0.248 e. The number of fused-ring (bicyclic) bond motifs is 1. The van der Waals surface area contributed by atoms with Crippen LogP contribution in [0.2, 0.25) is 0 Å². The summed E-state index contributed by atoms with van der Waals surface area (Å²) in [4.78, 5) is 4.80. The minimum absolute atomic E-state index is 0.173. The van der Waals surface area contributed by atoms with E-state index < -0.39 is 10.0 Å². The second-order valence-corrected chi connectivity index (χ2v) is 9.49. The van der Waals surface area contributed by atoms with Gasteiger partial charge in [0.05, 0.1) is 6.20 Å². The lowest BCUT2D eigenvalue weighted by Crippen LogP contribution is -2.36. The number of benzene rings is 1. The van der Waals surface area contributed by atoms with Crippen LogP contribution in [0.25, 0.3) is 5.65 Å². The Morgan fingerprint density at radius 1 is 1.16 bits per heavy atom. The minimum atomic E-state index is -3.63. The SMILES string of the molecule is O=S(=O)(NCCOc1ccccc1)c1c[nH][n+](Cc2cn3cc(C4CC4)ccc3n2)c1. The van der Waals surface area contributed by atoms with Gasteiger partial charge in [0.2, 0.25) is 22.8 Å². The molecule has 0 unspecified atom stereocenters. The molecule has 3 heterocycles. The van der Waals surface area contributed by atoms with Crippen LogP contribution in [-0.2, 0) is 16.6 Å². The number of rotatable bonds is 9. The van der Waals surface area contributed by atoms with Gasteiger partial charge in [0.25, 0.3) is 0 Å². The Morgan fingerprint density at radius 3 is 2.81 bits per heavy atom. The summed E-state index contributed by atoms with van der Waals surface area (Å²) in [5, 5.41) is 2.98. The first-order valence-corrected chi connectivity index (χ1v) is 11.8. The van der Waals surface area contributed by atoms with Crippen molar-refractivity contribution < 1.29 is 17.8 Å². The van der Waals surface area contributed by atoms with Crippen molar-refractivity contribution in [2.45, 2.75) is 30.2 Å². The number of hydrogen-bond acceptors (Lipinski definition) is 4. The van der Waals surface area contributed by atoms with Gasteiger partial charge in [-0.05, 0) is 42.5 Å². The lowest BCUT2D eigenvalue weighted by Gasteiger charge is -2.06. The number of nitrogens with zero attached hydrogens (tertiary/aromatic N) is 3. The molecule has 4 aromatic rings. The standard InChI is InChI=1S/C22H23N5O3S/c28-31(29,24-10-11-30-20-4-2-1-3-5-20)21-12-23-27(16-21)15-19-14-26-13-18(17-6-7-17)8-9-22(26)25-19/h1-5,8-9,12-14,16-17,24H,6-7,10-11,15H2/p+1. The molecule has 0 bridgehead atoms. The Hall–Kier alpha value is -3.17. The van der Waals surface area contributed by atoms with E-state index in [-0.39, 0.29) is 18.0 Å². The number of ether oxygens (including phenoxy) is 1. The zero-order valence-corrected chi connectivity index (χ0v) is 17.8. The Morgan fingerprint density at radius 2 is 2.00 bits per heavy atom. The first-order valence-electron chi connectivity index (χ1n) is 10.3. The average molecular weight is 439 g/mol. The molecule has 0 spiro atoms. The summed E-state index contributed by atoms with van der Waals surface area (Å²) in [5.74, 6) is 1.39. The van der Waals surface area contributed by atoms with E-state index in [0.717, 1.165) is 11.3 Å². The van der Waals surface area contributed by atoms with E-state index in [0.29, 0.717) is 18.2 Å². The highest BCUT2D eigenvalue weighted by atomic mass is 32.2. The number of para-hydroxylation sites is 1. The predicted octanol–water partition coefficient (Wildman–Crippen LogP) is 2.23. The van der Waals surface area contributed by atoms with Crippen LogP contribution in [0.3, 0.4) is 0 Å². The normalized spacial score (nSPS) is 14.2. The molecule has 0 atom stereocenters. The molecule has 1 aliphatic rings. The molecule has 5 rings (SSSR count). The van der Waals surface area contributed by atoms with Crippen molar-refractivity contribution in [3.63, 3.8) is 0 Å². The van der Waals surface area contributed by atoms with Crippen LogP contribution in [0.15, 0.2) is 72.1 Å². The maximum atomic E-state index is 12.5. The van der Waals surface area contributed by atoms with Gasteiger partial charge in [0, 0.05) is 18.9 Å². The largest absolute Gasteiger partial charge is 0.492 e. The Bertz CT molecular complexity index is 1290. The maximum absolute atomic E-state index is 12.5. The number of imidazole rings is 1. The topological polar surface area (TPSA) is 92.4 Å². The molecule has 31 heavy (non-hydrogen) atoms. The zero-order valence-electron chi connectivity index (χ0n) is 16.9.